The van der Waals surface area contributed by atoms with Gasteiger partial charge in [0.1, 0.15) is 16.3 Å². The Bertz CT molecular complexity index is 922. The van der Waals surface area contributed by atoms with E-state index in [0.717, 1.165) is 6.42 Å². The molecule has 0 unspecified atom stereocenters. The van der Waals surface area contributed by atoms with Crippen LogP contribution in [0.25, 0.3) is 0 Å². The summed E-state index contributed by atoms with van der Waals surface area (Å²) in [5.41, 5.74) is -0.0331. The summed E-state index contributed by atoms with van der Waals surface area (Å²) in [7, 11) is 1.31. The molecule has 0 amide bonds. The maximum atomic E-state index is 11.9. The topological polar surface area (TPSA) is 84.5 Å². The minimum absolute atomic E-state index is 0.229. The monoisotopic (exact) mass is 358 g/mol. The van der Waals surface area contributed by atoms with E-state index in [9.17, 15) is 14.4 Å². The molecule has 0 radical (unpaired) electrons. The second-order valence-electron chi connectivity index (χ2n) is 6.61. The van der Waals surface area contributed by atoms with Crippen LogP contribution in [0.3, 0.4) is 0 Å². The van der Waals surface area contributed by atoms with Crippen LogP contribution in [0, 0.1) is 17.8 Å². The molecular weight excluding hydrogens is 340 g/mol. The molecule has 2 bridgehead atoms. The van der Waals surface area contributed by atoms with E-state index >= 15 is 0 Å². The Morgan fingerprint density at radius 1 is 1.24 bits per heavy atom. The number of thiophene rings is 1. The van der Waals surface area contributed by atoms with Crippen LogP contribution in [0.4, 0.5) is 17.1 Å². The number of esters is 1. The van der Waals surface area contributed by atoms with E-state index in [1.165, 1.54) is 24.9 Å². The van der Waals surface area contributed by atoms with Gasteiger partial charge in [-0.25, -0.2) is 4.79 Å². The van der Waals surface area contributed by atoms with Crippen LogP contribution in [0.1, 0.15) is 22.5 Å². The lowest BCUT2D eigenvalue weighted by Crippen LogP contribution is -2.38. The Morgan fingerprint density at radius 3 is 2.72 bits per heavy atom. The smallest absolute Gasteiger partial charge is 0.350 e. The predicted molar refractivity (Wildman–Crippen MR) is 97.6 cm³/mol. The molecule has 4 rings (SSSR count). The Hall–Kier alpha value is -2.41. The third kappa shape index (κ3) is 2.68. The summed E-state index contributed by atoms with van der Waals surface area (Å²) >= 11 is 1.22. The highest BCUT2D eigenvalue weighted by molar-refractivity contribution is 7.12. The van der Waals surface area contributed by atoms with Gasteiger partial charge >= 0.3 is 5.97 Å². The van der Waals surface area contributed by atoms with Crippen LogP contribution in [0.5, 0.6) is 0 Å². The second-order valence-corrected chi connectivity index (χ2v) is 7.53. The van der Waals surface area contributed by atoms with Crippen LogP contribution in [-0.4, -0.2) is 19.6 Å². The van der Waals surface area contributed by atoms with Crippen molar-refractivity contribution in [2.24, 2.45) is 17.8 Å². The zero-order chi connectivity index (χ0) is 17.6. The molecule has 6 nitrogen and oxygen atoms in total. The van der Waals surface area contributed by atoms with Gasteiger partial charge in [0.05, 0.1) is 12.8 Å². The predicted octanol–water partition coefficient (Wildman–Crippen LogP) is 2.50. The highest BCUT2D eigenvalue weighted by Gasteiger charge is 2.35. The van der Waals surface area contributed by atoms with E-state index in [-0.39, 0.29) is 5.69 Å². The average Bonchev–Trinajstić information content (AvgIpc) is 3.36. The van der Waals surface area contributed by atoms with Gasteiger partial charge in [-0.1, -0.05) is 12.2 Å². The Balaban J connectivity index is 1.48. The number of hydrogen-bond donors (Lipinski definition) is 2. The Labute approximate surface area is 148 Å². The number of hydrogen-bond acceptors (Lipinski definition) is 7. The number of carbonyl (C=O) groups is 1. The molecule has 0 saturated heterocycles. The Kier molecular flexibility index (Phi) is 3.95. The largest absolute Gasteiger partial charge is 0.465 e. The first kappa shape index (κ1) is 16.1. The van der Waals surface area contributed by atoms with Crippen molar-refractivity contribution in [1.82, 2.24) is 0 Å². The highest BCUT2D eigenvalue weighted by atomic mass is 32.1. The molecule has 2 aliphatic rings. The van der Waals surface area contributed by atoms with Crippen molar-refractivity contribution in [2.75, 3.05) is 24.3 Å². The van der Waals surface area contributed by atoms with Gasteiger partial charge in [-0.15, -0.1) is 11.3 Å². The molecule has 2 aromatic rings. The zero-order valence-corrected chi connectivity index (χ0v) is 14.5. The molecule has 130 valence electrons. The number of anilines is 3. The van der Waals surface area contributed by atoms with Gasteiger partial charge in [0.2, 0.25) is 0 Å². The first-order valence-electron chi connectivity index (χ1n) is 8.26. The highest BCUT2D eigenvalue weighted by Crippen LogP contribution is 2.43. The molecule has 3 atom stereocenters. The van der Waals surface area contributed by atoms with Crippen LogP contribution in [0.2, 0.25) is 0 Å². The van der Waals surface area contributed by atoms with E-state index in [2.05, 4.69) is 22.8 Å². The second kappa shape index (κ2) is 6.15. The molecule has 2 aliphatic carbocycles. The first-order valence-corrected chi connectivity index (χ1v) is 9.14. The number of nitrogens with one attached hydrogen (secondary N) is 2. The van der Waals surface area contributed by atoms with Gasteiger partial charge in [-0.2, -0.15) is 0 Å². The minimum atomic E-state index is -0.558. The van der Waals surface area contributed by atoms with Gasteiger partial charge in [-0.3, -0.25) is 9.59 Å². The fourth-order valence-electron chi connectivity index (χ4n) is 3.84. The zero-order valence-electron chi connectivity index (χ0n) is 13.7. The van der Waals surface area contributed by atoms with Crippen molar-refractivity contribution >= 4 is 34.4 Å². The molecule has 7 heteroatoms. The lowest BCUT2D eigenvalue weighted by molar-refractivity contribution is 0.0607. The van der Waals surface area contributed by atoms with Gasteiger partial charge in [0, 0.05) is 6.54 Å². The number of allylic oxidation sites excluding steroid dienone is 2. The fraction of sp³-hybridized carbons (Fsp3) is 0.389. The number of methoxy groups -OCH3 is 1. The Morgan fingerprint density at radius 2 is 2.04 bits per heavy atom. The third-order valence-corrected chi connectivity index (χ3v) is 6.06. The summed E-state index contributed by atoms with van der Waals surface area (Å²) in [5.74, 6) is 1.26. The average molecular weight is 358 g/mol. The number of fused-ring (bicyclic) bond motifs is 2. The van der Waals surface area contributed by atoms with Gasteiger partial charge in [0.25, 0.3) is 10.9 Å². The summed E-state index contributed by atoms with van der Waals surface area (Å²) in [6.45, 7) is 0.679. The summed E-state index contributed by atoms with van der Waals surface area (Å²) in [6, 6.07) is 1.69. The van der Waals surface area contributed by atoms with Crippen LogP contribution >= 0.6 is 11.3 Å². The van der Waals surface area contributed by atoms with Crippen molar-refractivity contribution in [3.8, 4) is 0 Å². The first-order chi connectivity index (χ1) is 12.1. The standard InChI is InChI=1S/C18H18N2O4S/c1-24-18(23)17-12(4-5-25-17)20-14-13(15(21)16(14)22)19-8-11-7-9-2-3-10(11)6-9/h2-5,9-11,19-20H,6-8H2,1H3/t9-,10+,11-/m1/s1. The molecule has 25 heavy (non-hydrogen) atoms. The molecule has 1 aromatic carbocycles. The van der Waals surface area contributed by atoms with Crippen molar-refractivity contribution < 1.29 is 9.53 Å². The third-order valence-electron chi connectivity index (χ3n) is 5.16. The van der Waals surface area contributed by atoms with Crippen LogP contribution in [-0.2, 0) is 4.74 Å². The molecular formula is C18H18N2O4S. The van der Waals surface area contributed by atoms with Crippen LogP contribution < -0.4 is 21.5 Å². The molecule has 0 aliphatic heterocycles. The van der Waals surface area contributed by atoms with E-state index in [4.69, 9.17) is 4.74 Å². The minimum Gasteiger partial charge on any atom is -0.465 e. The lowest BCUT2D eigenvalue weighted by atomic mass is 9.93. The molecule has 1 fully saturated rings. The van der Waals surface area contributed by atoms with E-state index < -0.39 is 16.8 Å². The van der Waals surface area contributed by atoms with E-state index in [0.29, 0.717) is 40.6 Å². The molecule has 1 aromatic heterocycles. The molecule has 2 N–H and O–H groups in total. The number of carbonyl (C=O) groups excluding carboxylic acids is 1. The van der Waals surface area contributed by atoms with Crippen molar-refractivity contribution in [3.63, 3.8) is 0 Å². The van der Waals surface area contributed by atoms with Gasteiger partial charge in [0.15, 0.2) is 0 Å². The summed E-state index contributed by atoms with van der Waals surface area (Å²) in [4.78, 5) is 36.0. The quantitative estimate of drug-likeness (QED) is 0.469. The number of ether oxygens (including phenoxy) is 1. The fourth-order valence-corrected chi connectivity index (χ4v) is 4.60. The lowest BCUT2D eigenvalue weighted by Gasteiger charge is -2.21. The van der Waals surface area contributed by atoms with Crippen molar-refractivity contribution in [1.29, 1.82) is 0 Å². The molecule has 1 saturated carbocycles. The summed E-state index contributed by atoms with van der Waals surface area (Å²) < 4.78 is 4.73. The normalized spacial score (nSPS) is 24.0. The SMILES string of the molecule is COC(=O)c1sccc1Nc1c(NC[C@H]2C[C@@H]3C=C[C@H]2C3)c(=O)c1=O. The number of rotatable bonds is 6. The summed E-state index contributed by atoms with van der Waals surface area (Å²) in [6.07, 6.45) is 6.86. The van der Waals surface area contributed by atoms with Crippen molar-refractivity contribution in [2.45, 2.75) is 12.8 Å². The van der Waals surface area contributed by atoms with E-state index in [1.807, 2.05) is 0 Å². The van der Waals surface area contributed by atoms with Crippen LogP contribution in [0.15, 0.2) is 33.2 Å². The maximum Gasteiger partial charge on any atom is 0.350 e. The maximum absolute atomic E-state index is 11.9. The molecule has 1 heterocycles. The van der Waals surface area contributed by atoms with Gasteiger partial charge in [-0.05, 0) is 42.0 Å². The van der Waals surface area contributed by atoms with E-state index in [1.54, 1.807) is 11.4 Å². The summed E-state index contributed by atoms with van der Waals surface area (Å²) in [5, 5.41) is 7.81. The van der Waals surface area contributed by atoms with Gasteiger partial charge < -0.3 is 15.4 Å². The molecule has 0 spiro atoms. The van der Waals surface area contributed by atoms with Crippen molar-refractivity contribution in [3.05, 3.63) is 48.9 Å².